The van der Waals surface area contributed by atoms with E-state index in [0.29, 0.717) is 17.4 Å². The molecular formula is C9H10ClN5. The van der Waals surface area contributed by atoms with Crippen LogP contribution in [-0.2, 0) is 6.54 Å². The van der Waals surface area contributed by atoms with Crippen molar-refractivity contribution < 1.29 is 0 Å². The van der Waals surface area contributed by atoms with Crippen LogP contribution >= 0.6 is 11.6 Å². The van der Waals surface area contributed by atoms with Crippen molar-refractivity contribution in [3.05, 3.63) is 34.4 Å². The van der Waals surface area contributed by atoms with E-state index in [1.54, 1.807) is 13.1 Å². The average molecular weight is 224 g/mol. The minimum Gasteiger partial charge on any atom is -0.260 e. The highest BCUT2D eigenvalue weighted by Gasteiger charge is 2.04. The molecule has 0 aromatic carbocycles. The summed E-state index contributed by atoms with van der Waals surface area (Å²) >= 11 is 5.86. The Morgan fingerprint density at radius 1 is 1.40 bits per heavy atom. The molecular weight excluding hydrogens is 214 g/mol. The third-order valence-corrected chi connectivity index (χ3v) is 2.23. The third-order valence-electron chi connectivity index (χ3n) is 2.02. The lowest BCUT2D eigenvalue weighted by molar-refractivity contribution is 0.568. The van der Waals surface area contributed by atoms with E-state index >= 15 is 0 Å². The van der Waals surface area contributed by atoms with E-state index in [0.717, 1.165) is 11.3 Å². The zero-order valence-electron chi connectivity index (χ0n) is 8.48. The van der Waals surface area contributed by atoms with Gasteiger partial charge in [0.2, 0.25) is 0 Å². The molecule has 2 heterocycles. The molecule has 0 aliphatic heterocycles. The number of nitrogens with zero attached hydrogens (tertiary/aromatic N) is 5. The summed E-state index contributed by atoms with van der Waals surface area (Å²) in [7, 11) is 0. The number of aromatic nitrogens is 5. The maximum atomic E-state index is 5.86. The number of aryl methyl sites for hydroxylation is 2. The molecule has 5 nitrogen and oxygen atoms in total. The normalized spacial score (nSPS) is 10.6. The number of rotatable bonds is 2. The van der Waals surface area contributed by atoms with Gasteiger partial charge >= 0.3 is 0 Å². The van der Waals surface area contributed by atoms with Crippen molar-refractivity contribution in [2.75, 3.05) is 0 Å². The summed E-state index contributed by atoms with van der Waals surface area (Å²) in [5.41, 5.74) is 1.93. The molecule has 78 valence electrons. The number of pyridine rings is 1. The molecule has 2 aromatic heterocycles. The maximum absolute atomic E-state index is 5.86. The van der Waals surface area contributed by atoms with E-state index in [-0.39, 0.29) is 0 Å². The SMILES string of the molecule is Cc1nnn(Cc2cc(Cl)cnc2C)n1. The summed E-state index contributed by atoms with van der Waals surface area (Å²) in [6.45, 7) is 4.27. The molecule has 6 heteroatoms. The van der Waals surface area contributed by atoms with Crippen molar-refractivity contribution in [1.82, 2.24) is 25.2 Å². The molecule has 0 N–H and O–H groups in total. The second-order valence-electron chi connectivity index (χ2n) is 3.27. The first-order chi connectivity index (χ1) is 7.15. The summed E-state index contributed by atoms with van der Waals surface area (Å²) in [5.74, 6) is 0.655. The van der Waals surface area contributed by atoms with Gasteiger partial charge in [0.15, 0.2) is 5.82 Å². The number of tetrazole rings is 1. The fourth-order valence-electron chi connectivity index (χ4n) is 1.25. The molecule has 0 bridgehead atoms. The number of halogens is 1. The molecule has 0 fully saturated rings. The lowest BCUT2D eigenvalue weighted by Crippen LogP contribution is -2.06. The Kier molecular flexibility index (Phi) is 2.64. The molecule has 0 saturated carbocycles. The van der Waals surface area contributed by atoms with Crippen LogP contribution in [0, 0.1) is 13.8 Å². The molecule has 0 unspecified atom stereocenters. The van der Waals surface area contributed by atoms with E-state index in [9.17, 15) is 0 Å². The molecule has 2 aromatic rings. The molecule has 0 atom stereocenters. The Bertz CT molecular complexity index is 479. The van der Waals surface area contributed by atoms with Gasteiger partial charge in [-0.2, -0.15) is 4.80 Å². The van der Waals surface area contributed by atoms with Gasteiger partial charge in [0, 0.05) is 11.9 Å². The zero-order valence-corrected chi connectivity index (χ0v) is 9.23. The van der Waals surface area contributed by atoms with E-state index in [1.807, 2.05) is 13.0 Å². The topological polar surface area (TPSA) is 56.5 Å². The van der Waals surface area contributed by atoms with Gasteiger partial charge in [-0.1, -0.05) is 11.6 Å². The van der Waals surface area contributed by atoms with E-state index in [4.69, 9.17) is 11.6 Å². The monoisotopic (exact) mass is 223 g/mol. The smallest absolute Gasteiger partial charge is 0.171 e. The molecule has 0 saturated heterocycles. The lowest BCUT2D eigenvalue weighted by atomic mass is 10.2. The van der Waals surface area contributed by atoms with E-state index in [2.05, 4.69) is 20.4 Å². The predicted octanol–water partition coefficient (Wildman–Crippen LogP) is 1.39. The largest absolute Gasteiger partial charge is 0.260 e. The van der Waals surface area contributed by atoms with Crippen LogP contribution in [0.3, 0.4) is 0 Å². The van der Waals surface area contributed by atoms with Crippen molar-refractivity contribution in [3.8, 4) is 0 Å². The van der Waals surface area contributed by atoms with Crippen LogP contribution in [0.1, 0.15) is 17.1 Å². The van der Waals surface area contributed by atoms with Gasteiger partial charge in [0.05, 0.1) is 11.6 Å². The van der Waals surface area contributed by atoms with Crippen LogP contribution < -0.4 is 0 Å². The summed E-state index contributed by atoms with van der Waals surface area (Å²) < 4.78 is 0. The standard InChI is InChI=1S/C9H10ClN5/c1-6-8(3-9(10)4-11-6)5-15-13-7(2)12-14-15/h3-4H,5H2,1-2H3. The van der Waals surface area contributed by atoms with Crippen molar-refractivity contribution in [3.63, 3.8) is 0 Å². The fourth-order valence-corrected chi connectivity index (χ4v) is 1.43. The van der Waals surface area contributed by atoms with Gasteiger partial charge in [0.1, 0.15) is 0 Å². The summed E-state index contributed by atoms with van der Waals surface area (Å²) in [5, 5.41) is 12.4. The van der Waals surface area contributed by atoms with Crippen molar-refractivity contribution in [2.45, 2.75) is 20.4 Å². The minimum absolute atomic E-state index is 0.542. The summed E-state index contributed by atoms with van der Waals surface area (Å²) in [4.78, 5) is 5.68. The first kappa shape index (κ1) is 10.0. The van der Waals surface area contributed by atoms with Crippen LogP contribution in [0.15, 0.2) is 12.3 Å². The summed E-state index contributed by atoms with van der Waals surface area (Å²) in [6.07, 6.45) is 1.63. The van der Waals surface area contributed by atoms with Crippen molar-refractivity contribution >= 4 is 11.6 Å². The first-order valence-corrected chi connectivity index (χ1v) is 4.88. The van der Waals surface area contributed by atoms with Crippen LogP contribution in [0.25, 0.3) is 0 Å². The van der Waals surface area contributed by atoms with Gasteiger partial charge in [-0.15, -0.1) is 10.2 Å². The van der Waals surface area contributed by atoms with Crippen molar-refractivity contribution in [1.29, 1.82) is 0 Å². The molecule has 0 aliphatic carbocycles. The van der Waals surface area contributed by atoms with Gasteiger partial charge in [-0.25, -0.2) is 0 Å². The molecule has 2 rings (SSSR count). The van der Waals surface area contributed by atoms with Gasteiger partial charge in [0.25, 0.3) is 0 Å². The second kappa shape index (κ2) is 3.94. The van der Waals surface area contributed by atoms with Gasteiger partial charge < -0.3 is 0 Å². The molecule has 0 aliphatic rings. The Labute approximate surface area is 92.1 Å². The molecule has 0 radical (unpaired) electrons. The fraction of sp³-hybridized carbons (Fsp3) is 0.333. The summed E-state index contributed by atoms with van der Waals surface area (Å²) in [6, 6.07) is 1.86. The lowest BCUT2D eigenvalue weighted by Gasteiger charge is -2.03. The average Bonchev–Trinajstić information content (AvgIpc) is 2.58. The highest BCUT2D eigenvalue weighted by Crippen LogP contribution is 2.13. The predicted molar refractivity (Wildman–Crippen MR) is 55.6 cm³/mol. The number of hydrogen-bond acceptors (Lipinski definition) is 4. The quantitative estimate of drug-likeness (QED) is 0.772. The Morgan fingerprint density at radius 3 is 2.87 bits per heavy atom. The Balaban J connectivity index is 2.27. The molecule has 0 spiro atoms. The zero-order chi connectivity index (χ0) is 10.8. The highest BCUT2D eigenvalue weighted by molar-refractivity contribution is 6.30. The maximum Gasteiger partial charge on any atom is 0.171 e. The van der Waals surface area contributed by atoms with E-state index in [1.165, 1.54) is 4.80 Å². The Morgan fingerprint density at radius 2 is 2.20 bits per heavy atom. The van der Waals surface area contributed by atoms with Crippen LogP contribution in [0.2, 0.25) is 5.02 Å². The van der Waals surface area contributed by atoms with Gasteiger partial charge in [-0.05, 0) is 30.7 Å². The highest BCUT2D eigenvalue weighted by atomic mass is 35.5. The van der Waals surface area contributed by atoms with Crippen LogP contribution in [0.4, 0.5) is 0 Å². The number of hydrogen-bond donors (Lipinski definition) is 0. The Hall–Kier alpha value is -1.49. The minimum atomic E-state index is 0.542. The molecule has 15 heavy (non-hydrogen) atoms. The van der Waals surface area contributed by atoms with E-state index < -0.39 is 0 Å². The van der Waals surface area contributed by atoms with Crippen LogP contribution in [-0.4, -0.2) is 25.2 Å². The first-order valence-electron chi connectivity index (χ1n) is 4.50. The third kappa shape index (κ3) is 2.30. The van der Waals surface area contributed by atoms with Crippen molar-refractivity contribution in [2.24, 2.45) is 0 Å². The second-order valence-corrected chi connectivity index (χ2v) is 3.70. The molecule has 0 amide bonds. The van der Waals surface area contributed by atoms with Gasteiger partial charge in [-0.3, -0.25) is 4.98 Å². The van der Waals surface area contributed by atoms with Crippen LogP contribution in [0.5, 0.6) is 0 Å².